The predicted octanol–water partition coefficient (Wildman–Crippen LogP) is 1.46. The van der Waals surface area contributed by atoms with E-state index in [1.54, 1.807) is 18.3 Å². The summed E-state index contributed by atoms with van der Waals surface area (Å²) in [7, 11) is -3.65. The highest BCUT2D eigenvalue weighted by atomic mass is 32.2. The molecular weight excluding hydrogens is 324 g/mol. The Morgan fingerprint density at radius 2 is 1.92 bits per heavy atom. The van der Waals surface area contributed by atoms with Crippen LogP contribution in [0.3, 0.4) is 0 Å². The van der Waals surface area contributed by atoms with Gasteiger partial charge >= 0.3 is 0 Å². The highest BCUT2D eigenvalue weighted by molar-refractivity contribution is 7.89. The predicted molar refractivity (Wildman–Crippen MR) is 90.3 cm³/mol. The standard InChI is InChI=1S/C17H20N4O2S/c1-17(2)14(10-20-15-4-3-9-19-11-21-15)16(17)12-5-7-13(8-6-12)24(18,22)23/h3-9,11,14,16H,10H2,1-2H3,(H2,18,22,23). The molecule has 1 aromatic heterocycles. The van der Waals surface area contributed by atoms with Gasteiger partial charge in [-0.15, -0.1) is 0 Å². The summed E-state index contributed by atoms with van der Waals surface area (Å²) in [6, 6.07) is 10.5. The summed E-state index contributed by atoms with van der Waals surface area (Å²) >= 11 is 0. The minimum Gasteiger partial charge on any atom is -0.266 e. The third-order valence-electron chi connectivity index (χ3n) is 4.74. The fourth-order valence-corrected chi connectivity index (χ4v) is 3.77. The number of benzene rings is 1. The largest absolute Gasteiger partial charge is 0.266 e. The van der Waals surface area contributed by atoms with Gasteiger partial charge in [0.25, 0.3) is 0 Å². The number of primary sulfonamides is 1. The minimum atomic E-state index is -3.65. The van der Waals surface area contributed by atoms with E-state index in [0.29, 0.717) is 23.9 Å². The molecule has 0 aliphatic heterocycles. The molecule has 7 heteroatoms. The summed E-state index contributed by atoms with van der Waals surface area (Å²) in [5.41, 5.74) is 1.89. The number of sulfonamides is 1. The fourth-order valence-electron chi connectivity index (χ4n) is 3.25. The molecule has 2 atom stereocenters. The number of hydrogen-bond acceptors (Lipinski definition) is 5. The summed E-state index contributed by atoms with van der Waals surface area (Å²) in [5, 5.41) is 5.15. The number of nitrogens with two attached hydrogens (primary N) is 1. The van der Waals surface area contributed by atoms with E-state index in [0.717, 1.165) is 5.56 Å². The first-order valence-corrected chi connectivity index (χ1v) is 9.24. The molecule has 1 heterocycles. The van der Waals surface area contributed by atoms with Crippen molar-refractivity contribution >= 4 is 10.0 Å². The molecule has 0 saturated heterocycles. The summed E-state index contributed by atoms with van der Waals surface area (Å²) in [6.45, 7) is 5.07. The Morgan fingerprint density at radius 3 is 2.58 bits per heavy atom. The molecule has 126 valence electrons. The average Bonchev–Trinajstić information content (AvgIpc) is 3.16. The van der Waals surface area contributed by atoms with Crippen LogP contribution in [0, 0.1) is 11.3 Å². The van der Waals surface area contributed by atoms with Crippen molar-refractivity contribution in [1.29, 1.82) is 0 Å². The van der Waals surface area contributed by atoms with Crippen molar-refractivity contribution in [2.24, 2.45) is 21.5 Å². The first-order valence-electron chi connectivity index (χ1n) is 7.70. The Hall–Kier alpha value is -2.12. The first-order chi connectivity index (χ1) is 11.3. The van der Waals surface area contributed by atoms with Gasteiger partial charge in [-0.1, -0.05) is 26.0 Å². The quantitative estimate of drug-likeness (QED) is 0.908. The topological polar surface area (TPSA) is 98.3 Å². The lowest BCUT2D eigenvalue weighted by Crippen LogP contribution is -2.11. The van der Waals surface area contributed by atoms with Crippen LogP contribution < -0.4 is 10.6 Å². The van der Waals surface area contributed by atoms with Crippen LogP contribution in [-0.4, -0.2) is 24.9 Å². The van der Waals surface area contributed by atoms with E-state index < -0.39 is 10.0 Å². The number of aromatic nitrogens is 2. The molecule has 6 nitrogen and oxygen atoms in total. The van der Waals surface area contributed by atoms with Gasteiger partial charge in [0.05, 0.1) is 4.90 Å². The van der Waals surface area contributed by atoms with Crippen LogP contribution in [0.4, 0.5) is 0 Å². The zero-order valence-electron chi connectivity index (χ0n) is 13.6. The van der Waals surface area contributed by atoms with Gasteiger partial charge in [-0.25, -0.2) is 23.5 Å². The Balaban J connectivity index is 1.79. The maximum atomic E-state index is 11.4. The number of hydrogen-bond donors (Lipinski definition) is 1. The van der Waals surface area contributed by atoms with Gasteiger partial charge in [0, 0.05) is 12.7 Å². The summed E-state index contributed by atoms with van der Waals surface area (Å²) < 4.78 is 22.7. The Morgan fingerprint density at radius 1 is 1.21 bits per heavy atom. The lowest BCUT2D eigenvalue weighted by atomic mass is 10.0. The van der Waals surface area contributed by atoms with E-state index in [4.69, 9.17) is 5.14 Å². The van der Waals surface area contributed by atoms with Crippen molar-refractivity contribution in [2.75, 3.05) is 6.54 Å². The lowest BCUT2D eigenvalue weighted by Gasteiger charge is -2.04. The minimum absolute atomic E-state index is 0.113. The van der Waals surface area contributed by atoms with Crippen LogP contribution in [0.5, 0.6) is 0 Å². The maximum Gasteiger partial charge on any atom is 0.238 e. The monoisotopic (exact) mass is 344 g/mol. The zero-order valence-corrected chi connectivity index (χ0v) is 14.4. The molecule has 1 aliphatic carbocycles. The van der Waals surface area contributed by atoms with Gasteiger partial charge in [-0.05, 0) is 47.1 Å². The van der Waals surface area contributed by atoms with Gasteiger partial charge < -0.3 is 0 Å². The molecule has 24 heavy (non-hydrogen) atoms. The normalized spacial score (nSPS) is 23.0. The second-order valence-electron chi connectivity index (χ2n) is 6.62. The van der Waals surface area contributed by atoms with E-state index in [9.17, 15) is 8.42 Å². The van der Waals surface area contributed by atoms with Crippen LogP contribution in [0.1, 0.15) is 25.3 Å². The van der Waals surface area contributed by atoms with Gasteiger partial charge in [0.2, 0.25) is 10.0 Å². The Bertz CT molecular complexity index is 886. The van der Waals surface area contributed by atoms with E-state index in [1.807, 2.05) is 24.3 Å². The van der Waals surface area contributed by atoms with Crippen molar-refractivity contribution in [3.8, 4) is 0 Å². The van der Waals surface area contributed by atoms with E-state index in [1.165, 1.54) is 6.33 Å². The molecular formula is C17H20N4O2S. The van der Waals surface area contributed by atoms with E-state index >= 15 is 0 Å². The molecule has 2 unspecified atom stereocenters. The second kappa shape index (κ2) is 6.07. The van der Waals surface area contributed by atoms with Crippen LogP contribution in [0.2, 0.25) is 0 Å². The third kappa shape index (κ3) is 3.37. The lowest BCUT2D eigenvalue weighted by molar-refractivity contribution is 0.556. The summed E-state index contributed by atoms with van der Waals surface area (Å²) in [6.07, 6.45) is 3.16. The molecule has 2 N–H and O–H groups in total. The smallest absolute Gasteiger partial charge is 0.238 e. The second-order valence-corrected chi connectivity index (χ2v) is 8.18. The summed E-state index contributed by atoms with van der Waals surface area (Å²) in [4.78, 5) is 12.8. The number of rotatable bonds is 4. The summed E-state index contributed by atoms with van der Waals surface area (Å²) in [5.74, 6) is 0.726. The van der Waals surface area contributed by atoms with Crippen molar-refractivity contribution in [3.63, 3.8) is 0 Å². The fraction of sp³-hybridized carbons (Fsp3) is 0.353. The molecule has 1 fully saturated rings. The van der Waals surface area contributed by atoms with Gasteiger partial charge in [0.1, 0.15) is 11.8 Å². The highest BCUT2D eigenvalue weighted by Gasteiger charge is 2.57. The molecule has 0 amide bonds. The van der Waals surface area contributed by atoms with Crippen molar-refractivity contribution in [1.82, 2.24) is 9.97 Å². The van der Waals surface area contributed by atoms with Gasteiger partial charge in [0.15, 0.2) is 0 Å². The molecule has 3 rings (SSSR count). The molecule has 1 aliphatic rings. The average molecular weight is 344 g/mol. The van der Waals surface area contributed by atoms with Crippen molar-refractivity contribution in [3.05, 3.63) is 60.0 Å². The molecule has 2 aromatic rings. The molecule has 1 aromatic carbocycles. The van der Waals surface area contributed by atoms with Crippen molar-refractivity contribution < 1.29 is 8.42 Å². The molecule has 1 saturated carbocycles. The zero-order chi connectivity index (χ0) is 17.4. The molecule has 0 bridgehead atoms. The van der Waals surface area contributed by atoms with Gasteiger partial charge in [-0.2, -0.15) is 0 Å². The Kier molecular flexibility index (Phi) is 4.23. The Labute approximate surface area is 141 Å². The van der Waals surface area contributed by atoms with Crippen molar-refractivity contribution in [2.45, 2.75) is 24.7 Å². The van der Waals surface area contributed by atoms with Crippen LogP contribution in [0.15, 0.2) is 58.8 Å². The SMILES string of the molecule is CC1(C)C(CN=c2cccncn2)C1c1ccc(S(N)(=O)=O)cc1. The number of nitrogens with zero attached hydrogens (tertiary/aromatic N) is 3. The third-order valence-corrected chi connectivity index (χ3v) is 5.67. The molecule has 0 spiro atoms. The van der Waals surface area contributed by atoms with Gasteiger partial charge in [-0.3, -0.25) is 4.99 Å². The van der Waals surface area contributed by atoms with Crippen LogP contribution in [-0.2, 0) is 10.0 Å². The highest BCUT2D eigenvalue weighted by Crippen LogP contribution is 2.64. The maximum absolute atomic E-state index is 11.4. The van der Waals surface area contributed by atoms with E-state index in [2.05, 4.69) is 28.8 Å². The van der Waals surface area contributed by atoms with Crippen LogP contribution in [0.25, 0.3) is 0 Å². The van der Waals surface area contributed by atoms with E-state index in [-0.39, 0.29) is 10.3 Å². The van der Waals surface area contributed by atoms with Crippen LogP contribution >= 0.6 is 0 Å². The molecule has 0 radical (unpaired) electrons. The first kappa shape index (κ1) is 16.7.